The third-order valence-corrected chi connectivity index (χ3v) is 3.81. The molecule has 0 spiro atoms. The highest BCUT2D eigenvalue weighted by atomic mass is 19.1. The second-order valence-corrected chi connectivity index (χ2v) is 5.03. The molecule has 1 fully saturated rings. The van der Waals surface area contributed by atoms with Crippen LogP contribution < -0.4 is 5.32 Å². The van der Waals surface area contributed by atoms with Gasteiger partial charge < -0.3 is 15.2 Å². The molecule has 2 rings (SSSR count). The van der Waals surface area contributed by atoms with Gasteiger partial charge in [0.15, 0.2) is 0 Å². The lowest BCUT2D eigenvalue weighted by Gasteiger charge is -2.40. The summed E-state index contributed by atoms with van der Waals surface area (Å²) in [5.74, 6) is -0.316. The molecule has 1 amide bonds. The molecule has 5 heteroatoms. The summed E-state index contributed by atoms with van der Waals surface area (Å²) in [6.07, 6.45) is 2.59. The molecule has 1 aromatic carbocycles. The number of ether oxygens (including phenoxy) is 1. The topological polar surface area (TPSA) is 58.6 Å². The molecule has 20 heavy (non-hydrogen) atoms. The first kappa shape index (κ1) is 14.9. The lowest BCUT2D eigenvalue weighted by molar-refractivity contribution is -0.130. The van der Waals surface area contributed by atoms with Crippen LogP contribution in [0.1, 0.15) is 24.8 Å². The Kier molecular flexibility index (Phi) is 5.09. The first-order chi connectivity index (χ1) is 9.69. The molecule has 4 nitrogen and oxygen atoms in total. The fraction of sp³-hybridized carbons (Fsp3) is 0.533. The molecule has 0 bridgehead atoms. The maximum Gasteiger partial charge on any atom is 0.230 e. The van der Waals surface area contributed by atoms with Crippen LogP contribution in [0.15, 0.2) is 24.3 Å². The van der Waals surface area contributed by atoms with Crippen molar-refractivity contribution in [2.75, 3.05) is 26.4 Å². The van der Waals surface area contributed by atoms with Crippen LogP contribution in [0.3, 0.4) is 0 Å². The van der Waals surface area contributed by atoms with Gasteiger partial charge in [0.25, 0.3) is 0 Å². The summed E-state index contributed by atoms with van der Waals surface area (Å²) in [6.45, 7) is 1.06. The summed E-state index contributed by atoms with van der Waals surface area (Å²) in [6, 6.07) is 6.17. The molecule has 0 aromatic heterocycles. The van der Waals surface area contributed by atoms with E-state index in [1.54, 1.807) is 12.1 Å². The standard InChI is InChI=1S/C15H20FNO3/c16-13-4-2-12(3-5-13)15(6-1-7-15)14(19)17-8-10-20-11-9-18/h2-5,18H,1,6-11H2,(H,17,19). The van der Waals surface area contributed by atoms with Crippen molar-refractivity contribution < 1.29 is 19.0 Å². The Morgan fingerprint density at radius 1 is 1.30 bits per heavy atom. The maximum atomic E-state index is 13.0. The predicted octanol–water partition coefficient (Wildman–Crippen LogP) is 1.37. The van der Waals surface area contributed by atoms with Crippen LogP contribution in [0.5, 0.6) is 0 Å². The number of aliphatic hydroxyl groups excluding tert-OH is 1. The van der Waals surface area contributed by atoms with Crippen molar-refractivity contribution in [3.63, 3.8) is 0 Å². The molecule has 1 saturated carbocycles. The largest absolute Gasteiger partial charge is 0.394 e. The summed E-state index contributed by atoms with van der Waals surface area (Å²) in [7, 11) is 0. The quantitative estimate of drug-likeness (QED) is 0.742. The van der Waals surface area contributed by atoms with Gasteiger partial charge in [-0.2, -0.15) is 0 Å². The predicted molar refractivity (Wildman–Crippen MR) is 72.8 cm³/mol. The van der Waals surface area contributed by atoms with E-state index >= 15 is 0 Å². The van der Waals surface area contributed by atoms with Crippen LogP contribution >= 0.6 is 0 Å². The summed E-state index contributed by atoms with van der Waals surface area (Å²) in [5, 5.41) is 11.4. The number of carbonyl (C=O) groups is 1. The first-order valence-electron chi connectivity index (χ1n) is 6.92. The molecule has 0 saturated heterocycles. The number of carbonyl (C=O) groups excluding carboxylic acids is 1. The van der Waals surface area contributed by atoms with E-state index in [1.165, 1.54) is 12.1 Å². The van der Waals surface area contributed by atoms with Crippen molar-refractivity contribution in [3.8, 4) is 0 Å². The molecule has 0 unspecified atom stereocenters. The van der Waals surface area contributed by atoms with Crippen LogP contribution in [0.25, 0.3) is 0 Å². The van der Waals surface area contributed by atoms with Crippen molar-refractivity contribution in [3.05, 3.63) is 35.6 Å². The van der Waals surface area contributed by atoms with Gasteiger partial charge in [-0.25, -0.2) is 4.39 Å². The van der Waals surface area contributed by atoms with Gasteiger partial charge in [0.05, 0.1) is 25.2 Å². The maximum absolute atomic E-state index is 13.0. The molecule has 0 atom stereocenters. The molecule has 1 aliphatic carbocycles. The van der Waals surface area contributed by atoms with Crippen LogP contribution in [0.4, 0.5) is 4.39 Å². The average Bonchev–Trinajstić information content (AvgIpc) is 2.39. The molecule has 1 aromatic rings. The van der Waals surface area contributed by atoms with Crippen LogP contribution in [0.2, 0.25) is 0 Å². The molecule has 110 valence electrons. The van der Waals surface area contributed by atoms with E-state index in [4.69, 9.17) is 9.84 Å². The fourth-order valence-electron chi connectivity index (χ4n) is 2.52. The molecule has 0 heterocycles. The van der Waals surface area contributed by atoms with Crippen molar-refractivity contribution >= 4 is 5.91 Å². The third-order valence-electron chi connectivity index (χ3n) is 3.81. The van der Waals surface area contributed by atoms with Gasteiger partial charge in [-0.05, 0) is 30.5 Å². The smallest absolute Gasteiger partial charge is 0.230 e. The lowest BCUT2D eigenvalue weighted by atomic mass is 9.64. The van der Waals surface area contributed by atoms with E-state index < -0.39 is 5.41 Å². The summed E-state index contributed by atoms with van der Waals surface area (Å²) in [4.78, 5) is 12.4. The first-order valence-corrected chi connectivity index (χ1v) is 6.92. The highest BCUT2D eigenvalue weighted by molar-refractivity contribution is 5.89. The van der Waals surface area contributed by atoms with Crippen molar-refractivity contribution in [1.29, 1.82) is 0 Å². The van der Waals surface area contributed by atoms with Crippen LogP contribution in [0, 0.1) is 5.82 Å². The SMILES string of the molecule is O=C(NCCOCCO)C1(c2ccc(F)cc2)CCC1. The molecule has 0 aliphatic heterocycles. The molecular weight excluding hydrogens is 261 g/mol. The third kappa shape index (κ3) is 3.16. The van der Waals surface area contributed by atoms with E-state index in [9.17, 15) is 9.18 Å². The van der Waals surface area contributed by atoms with Gasteiger partial charge in [-0.15, -0.1) is 0 Å². The molecule has 1 aliphatic rings. The Morgan fingerprint density at radius 2 is 2.00 bits per heavy atom. The molecular formula is C15H20FNO3. The average molecular weight is 281 g/mol. The van der Waals surface area contributed by atoms with E-state index in [0.29, 0.717) is 13.2 Å². The lowest BCUT2D eigenvalue weighted by Crippen LogP contribution is -2.49. The van der Waals surface area contributed by atoms with Gasteiger partial charge in [-0.3, -0.25) is 4.79 Å². The van der Waals surface area contributed by atoms with Gasteiger partial charge in [-0.1, -0.05) is 18.6 Å². The van der Waals surface area contributed by atoms with E-state index in [-0.39, 0.29) is 24.9 Å². The molecule has 0 radical (unpaired) electrons. The zero-order valence-corrected chi connectivity index (χ0v) is 11.4. The number of hydrogen-bond donors (Lipinski definition) is 2. The number of benzene rings is 1. The highest BCUT2D eigenvalue weighted by Crippen LogP contribution is 2.43. The summed E-state index contributed by atoms with van der Waals surface area (Å²) >= 11 is 0. The van der Waals surface area contributed by atoms with Crippen LogP contribution in [-0.4, -0.2) is 37.4 Å². The summed E-state index contributed by atoms with van der Waals surface area (Å²) < 4.78 is 18.1. The minimum absolute atomic E-state index is 0.0204. The van der Waals surface area contributed by atoms with Gasteiger partial charge in [0.2, 0.25) is 5.91 Å². The Labute approximate surface area is 117 Å². The summed E-state index contributed by atoms with van der Waals surface area (Å²) in [5.41, 5.74) is 0.365. The van der Waals surface area contributed by atoms with Crippen molar-refractivity contribution in [2.24, 2.45) is 0 Å². The van der Waals surface area contributed by atoms with Gasteiger partial charge in [0, 0.05) is 6.54 Å². The normalized spacial score (nSPS) is 16.5. The zero-order chi connectivity index (χ0) is 14.4. The number of halogens is 1. The molecule has 2 N–H and O–H groups in total. The van der Waals surface area contributed by atoms with Gasteiger partial charge >= 0.3 is 0 Å². The fourth-order valence-corrected chi connectivity index (χ4v) is 2.52. The second-order valence-electron chi connectivity index (χ2n) is 5.03. The number of aliphatic hydroxyl groups is 1. The monoisotopic (exact) mass is 281 g/mol. The number of amides is 1. The number of nitrogens with one attached hydrogen (secondary N) is 1. The van der Waals surface area contributed by atoms with E-state index in [0.717, 1.165) is 24.8 Å². The Bertz CT molecular complexity index is 443. The minimum atomic E-state index is -0.509. The van der Waals surface area contributed by atoms with E-state index in [2.05, 4.69) is 5.32 Å². The van der Waals surface area contributed by atoms with E-state index in [1.807, 2.05) is 0 Å². The number of hydrogen-bond acceptors (Lipinski definition) is 3. The highest BCUT2D eigenvalue weighted by Gasteiger charge is 2.45. The second kappa shape index (κ2) is 6.81. The number of rotatable bonds is 7. The zero-order valence-electron chi connectivity index (χ0n) is 11.4. The van der Waals surface area contributed by atoms with Crippen molar-refractivity contribution in [2.45, 2.75) is 24.7 Å². The Balaban J connectivity index is 1.93. The van der Waals surface area contributed by atoms with Gasteiger partial charge in [0.1, 0.15) is 5.82 Å². The Hall–Kier alpha value is -1.46. The minimum Gasteiger partial charge on any atom is -0.394 e. The van der Waals surface area contributed by atoms with Crippen LogP contribution in [-0.2, 0) is 14.9 Å². The van der Waals surface area contributed by atoms with Crippen molar-refractivity contribution in [1.82, 2.24) is 5.32 Å². The Morgan fingerprint density at radius 3 is 2.55 bits per heavy atom.